The molecule has 2 heterocycles. The van der Waals surface area contributed by atoms with E-state index in [4.69, 9.17) is 9.15 Å². The summed E-state index contributed by atoms with van der Waals surface area (Å²) in [5.74, 6) is -1.73. The number of methoxy groups -OCH3 is 1. The van der Waals surface area contributed by atoms with E-state index < -0.39 is 29.2 Å². The maximum absolute atomic E-state index is 12.7. The van der Waals surface area contributed by atoms with E-state index >= 15 is 0 Å². The van der Waals surface area contributed by atoms with Crippen LogP contribution in [-0.4, -0.2) is 41.2 Å². The number of nitro groups is 1. The zero-order chi connectivity index (χ0) is 23.3. The average Bonchev–Trinajstić information content (AvgIpc) is 3.28. The lowest BCUT2D eigenvalue weighted by Gasteiger charge is -2.15. The van der Waals surface area contributed by atoms with E-state index in [1.807, 2.05) is 24.3 Å². The molecule has 1 N–H and O–H groups in total. The van der Waals surface area contributed by atoms with Crippen molar-refractivity contribution in [3.05, 3.63) is 75.8 Å². The summed E-state index contributed by atoms with van der Waals surface area (Å²) in [6, 6.07) is 14.2. The first-order valence-corrected chi connectivity index (χ1v) is 9.81. The van der Waals surface area contributed by atoms with Crippen LogP contribution >= 0.6 is 0 Å². The highest BCUT2D eigenvalue weighted by molar-refractivity contribution is 6.23. The number of ether oxygens (including phenoxy) is 1. The van der Waals surface area contributed by atoms with E-state index in [0.717, 1.165) is 27.8 Å². The summed E-state index contributed by atoms with van der Waals surface area (Å²) in [5, 5.41) is 15.3. The minimum atomic E-state index is -0.770. The highest BCUT2D eigenvalue weighted by Crippen LogP contribution is 2.36. The maximum atomic E-state index is 12.7. The molecule has 164 valence electrons. The summed E-state index contributed by atoms with van der Waals surface area (Å²) < 4.78 is 11.2. The molecule has 1 aliphatic rings. The number of hydrogen-bond acceptors (Lipinski definition) is 7. The fourth-order valence-corrected chi connectivity index (χ4v) is 3.89. The molecule has 0 atom stereocenters. The van der Waals surface area contributed by atoms with Crippen LogP contribution in [0.4, 0.5) is 11.4 Å². The second-order valence-corrected chi connectivity index (χ2v) is 7.38. The topological polar surface area (TPSA) is 132 Å². The molecule has 5 rings (SSSR count). The average molecular weight is 445 g/mol. The monoisotopic (exact) mass is 445 g/mol. The van der Waals surface area contributed by atoms with Crippen molar-refractivity contribution in [3.8, 4) is 5.75 Å². The van der Waals surface area contributed by atoms with E-state index in [1.54, 1.807) is 12.1 Å². The molecule has 3 aromatic carbocycles. The lowest BCUT2D eigenvalue weighted by atomic mass is 10.1. The minimum absolute atomic E-state index is 0.0136. The smallest absolute Gasteiger partial charge is 0.270 e. The lowest BCUT2D eigenvalue weighted by molar-refractivity contribution is -0.384. The molecule has 10 nitrogen and oxygen atoms in total. The fourth-order valence-electron chi connectivity index (χ4n) is 3.89. The molecule has 0 saturated carbocycles. The number of carbonyl (C=O) groups excluding carboxylic acids is 3. The second kappa shape index (κ2) is 7.45. The number of furan rings is 1. The molecule has 0 radical (unpaired) electrons. The van der Waals surface area contributed by atoms with Crippen LogP contribution in [0.15, 0.2) is 59.0 Å². The predicted molar refractivity (Wildman–Crippen MR) is 117 cm³/mol. The highest BCUT2D eigenvalue weighted by atomic mass is 16.6. The van der Waals surface area contributed by atoms with Crippen molar-refractivity contribution < 1.29 is 28.5 Å². The highest BCUT2D eigenvalue weighted by Gasteiger charge is 2.38. The number of nitro benzene ring substituents is 1. The van der Waals surface area contributed by atoms with Gasteiger partial charge in [-0.1, -0.05) is 18.2 Å². The number of non-ortho nitro benzene ring substituents is 1. The Balaban J connectivity index is 1.41. The number of benzene rings is 3. The lowest BCUT2D eigenvalue weighted by Crippen LogP contribution is -2.37. The third kappa shape index (κ3) is 3.24. The predicted octanol–water partition coefficient (Wildman–Crippen LogP) is 3.74. The molecule has 0 bridgehead atoms. The van der Waals surface area contributed by atoms with Crippen molar-refractivity contribution in [2.45, 2.75) is 0 Å². The van der Waals surface area contributed by atoms with Crippen LogP contribution in [0.2, 0.25) is 0 Å². The fraction of sp³-hybridized carbons (Fsp3) is 0.0870. The zero-order valence-corrected chi connectivity index (χ0v) is 17.2. The molecule has 3 amide bonds. The van der Waals surface area contributed by atoms with Crippen LogP contribution in [0, 0.1) is 10.1 Å². The quantitative estimate of drug-likeness (QED) is 0.281. The van der Waals surface area contributed by atoms with Crippen LogP contribution in [0.1, 0.15) is 20.7 Å². The molecular formula is C23H15N3O7. The summed E-state index contributed by atoms with van der Waals surface area (Å²) in [6.07, 6.45) is 0. The number of nitrogens with one attached hydrogen (secondary N) is 1. The molecule has 4 aromatic rings. The van der Waals surface area contributed by atoms with E-state index in [2.05, 4.69) is 5.32 Å². The number of para-hydroxylation sites is 1. The van der Waals surface area contributed by atoms with Crippen molar-refractivity contribution in [1.82, 2.24) is 4.90 Å². The Morgan fingerprint density at radius 2 is 1.79 bits per heavy atom. The number of imide groups is 1. The van der Waals surface area contributed by atoms with Gasteiger partial charge >= 0.3 is 0 Å². The van der Waals surface area contributed by atoms with Gasteiger partial charge in [0.1, 0.15) is 23.5 Å². The summed E-state index contributed by atoms with van der Waals surface area (Å²) in [6.45, 7) is -0.568. The number of anilines is 1. The molecular weight excluding hydrogens is 430 g/mol. The summed E-state index contributed by atoms with van der Waals surface area (Å²) in [5.41, 5.74) is 1.10. The van der Waals surface area contributed by atoms with Gasteiger partial charge in [-0.05, 0) is 18.2 Å². The van der Waals surface area contributed by atoms with E-state index in [1.165, 1.54) is 13.2 Å². The number of carbonyl (C=O) groups is 3. The Bertz CT molecular complexity index is 1510. The Kier molecular flexibility index (Phi) is 4.56. The second-order valence-electron chi connectivity index (χ2n) is 7.38. The normalized spacial score (nSPS) is 12.9. The Morgan fingerprint density at radius 3 is 2.55 bits per heavy atom. The largest absolute Gasteiger partial charge is 0.495 e. The van der Waals surface area contributed by atoms with Crippen molar-refractivity contribution >= 4 is 51.0 Å². The molecule has 1 aliphatic heterocycles. The molecule has 0 fully saturated rings. The van der Waals surface area contributed by atoms with Crippen molar-refractivity contribution in [1.29, 1.82) is 0 Å². The maximum Gasteiger partial charge on any atom is 0.270 e. The van der Waals surface area contributed by atoms with Crippen LogP contribution in [0.25, 0.3) is 21.9 Å². The van der Waals surface area contributed by atoms with Gasteiger partial charge in [-0.25, -0.2) is 0 Å². The van der Waals surface area contributed by atoms with Gasteiger partial charge in [-0.15, -0.1) is 0 Å². The first-order chi connectivity index (χ1) is 15.9. The molecule has 0 spiro atoms. The van der Waals surface area contributed by atoms with Gasteiger partial charge in [-0.2, -0.15) is 0 Å². The number of nitrogens with zero attached hydrogens (tertiary/aromatic N) is 2. The summed E-state index contributed by atoms with van der Waals surface area (Å²) in [4.78, 5) is 49.0. The number of rotatable bonds is 5. The van der Waals surface area contributed by atoms with E-state index in [-0.39, 0.29) is 16.8 Å². The molecule has 1 aromatic heterocycles. The van der Waals surface area contributed by atoms with Crippen LogP contribution in [0.3, 0.4) is 0 Å². The zero-order valence-electron chi connectivity index (χ0n) is 17.2. The van der Waals surface area contributed by atoms with Gasteiger partial charge in [0, 0.05) is 29.0 Å². The van der Waals surface area contributed by atoms with Crippen LogP contribution in [0.5, 0.6) is 5.75 Å². The van der Waals surface area contributed by atoms with Crippen molar-refractivity contribution in [3.63, 3.8) is 0 Å². The third-order valence-corrected chi connectivity index (χ3v) is 5.44. The number of hydrogen-bond donors (Lipinski definition) is 1. The number of fused-ring (bicyclic) bond motifs is 4. The molecule has 0 unspecified atom stereocenters. The SMILES string of the molecule is COc1cc2c(cc1NC(=O)CN1C(=O)c3ccc([N+](=O)[O-])cc3C1=O)oc1ccccc12. The molecule has 0 aliphatic carbocycles. The molecule has 0 saturated heterocycles. The first kappa shape index (κ1) is 20.2. The van der Waals surface area contributed by atoms with Gasteiger partial charge in [0.05, 0.1) is 28.8 Å². The summed E-state index contributed by atoms with van der Waals surface area (Å²) in [7, 11) is 1.45. The Labute approximate surface area is 185 Å². The van der Waals surface area contributed by atoms with Gasteiger partial charge < -0.3 is 14.5 Å². The molecule has 10 heteroatoms. The minimum Gasteiger partial charge on any atom is -0.495 e. The third-order valence-electron chi connectivity index (χ3n) is 5.44. The Morgan fingerprint density at radius 1 is 1.03 bits per heavy atom. The van der Waals surface area contributed by atoms with Gasteiger partial charge in [0.15, 0.2) is 0 Å². The molecule has 33 heavy (non-hydrogen) atoms. The van der Waals surface area contributed by atoms with Crippen molar-refractivity contribution in [2.24, 2.45) is 0 Å². The van der Waals surface area contributed by atoms with E-state index in [0.29, 0.717) is 22.6 Å². The van der Waals surface area contributed by atoms with Crippen LogP contribution < -0.4 is 10.1 Å². The standard InChI is InChI=1S/C23H15N3O7/c1-32-20-9-15-13-4-2-3-5-18(13)33-19(15)10-17(20)24-21(27)11-25-22(28)14-7-6-12(26(30)31)8-16(14)23(25)29/h2-10H,11H2,1H3,(H,24,27). The van der Waals surface area contributed by atoms with Gasteiger partial charge in [0.2, 0.25) is 5.91 Å². The first-order valence-electron chi connectivity index (χ1n) is 9.81. The summed E-state index contributed by atoms with van der Waals surface area (Å²) >= 11 is 0. The van der Waals surface area contributed by atoms with Crippen LogP contribution in [-0.2, 0) is 4.79 Å². The van der Waals surface area contributed by atoms with E-state index in [9.17, 15) is 24.5 Å². The van der Waals surface area contributed by atoms with Gasteiger partial charge in [0.25, 0.3) is 17.5 Å². The van der Waals surface area contributed by atoms with Gasteiger partial charge in [-0.3, -0.25) is 29.4 Å². The number of amides is 3. The Hall–Kier alpha value is -4.73. The van der Waals surface area contributed by atoms with Crippen molar-refractivity contribution in [2.75, 3.05) is 19.0 Å².